The Morgan fingerprint density at radius 2 is 1.64 bits per heavy atom. The van der Waals surface area contributed by atoms with Crippen molar-refractivity contribution in [2.75, 3.05) is 7.05 Å². The summed E-state index contributed by atoms with van der Waals surface area (Å²) in [6.07, 6.45) is 17.3. The fourth-order valence-electron chi connectivity index (χ4n) is 6.07. The summed E-state index contributed by atoms with van der Waals surface area (Å²) in [5, 5.41) is 8.49. The van der Waals surface area contributed by atoms with Gasteiger partial charge in [-0.05, 0) is 64.0 Å². The average Bonchev–Trinajstić information content (AvgIpc) is 3.00. The van der Waals surface area contributed by atoms with Crippen molar-refractivity contribution in [2.45, 2.75) is 12.1 Å². The van der Waals surface area contributed by atoms with E-state index in [0.717, 1.165) is 33.1 Å². The molecule has 2 aromatic heterocycles. The highest BCUT2D eigenvalue weighted by atomic mass is 15.2. The monoisotopic (exact) mass is 502 g/mol. The summed E-state index contributed by atoms with van der Waals surface area (Å²) < 4.78 is 0. The highest BCUT2D eigenvalue weighted by Gasteiger charge is 2.30. The largest absolute Gasteiger partial charge is 0.376 e. The van der Waals surface area contributed by atoms with Crippen LogP contribution in [0.2, 0.25) is 0 Å². The lowest BCUT2D eigenvalue weighted by atomic mass is 9.87. The first kappa shape index (κ1) is 22.1. The summed E-state index contributed by atoms with van der Waals surface area (Å²) in [7, 11) is 2.14. The van der Waals surface area contributed by atoms with E-state index in [1.807, 2.05) is 12.3 Å². The van der Waals surface area contributed by atoms with Gasteiger partial charge in [-0.1, -0.05) is 78.9 Å². The van der Waals surface area contributed by atoms with Crippen molar-refractivity contribution in [1.82, 2.24) is 20.2 Å². The number of hydrogen-bond donors (Lipinski definition) is 1. The third-order valence-corrected chi connectivity index (χ3v) is 8.10. The maximum atomic E-state index is 5.07. The van der Waals surface area contributed by atoms with Gasteiger partial charge < -0.3 is 10.2 Å². The van der Waals surface area contributed by atoms with Crippen LogP contribution >= 0.6 is 0 Å². The predicted octanol–water partition coefficient (Wildman–Crippen LogP) is 7.38. The smallest absolute Gasteiger partial charge is 0.0972 e. The molecule has 4 nitrogen and oxygen atoms in total. The lowest BCUT2D eigenvalue weighted by molar-refractivity contribution is 0.383. The Balaban J connectivity index is 1.16. The Morgan fingerprint density at radius 1 is 0.795 bits per heavy atom. The lowest BCUT2D eigenvalue weighted by Crippen LogP contribution is -2.41. The number of aromatic nitrogens is 2. The first-order chi connectivity index (χ1) is 19.2. The van der Waals surface area contributed by atoms with Crippen LogP contribution in [0.5, 0.6) is 0 Å². The summed E-state index contributed by atoms with van der Waals surface area (Å²) in [4.78, 5) is 12.0. The molecule has 186 valence electrons. The fraction of sp³-hybridized carbons (Fsp3) is 0.0857. The van der Waals surface area contributed by atoms with Crippen molar-refractivity contribution >= 4 is 32.6 Å². The molecule has 3 aliphatic rings. The quantitative estimate of drug-likeness (QED) is 0.256. The average molecular weight is 503 g/mol. The second-order valence-corrected chi connectivity index (χ2v) is 10.5. The Hall–Kier alpha value is -4.96. The van der Waals surface area contributed by atoms with Gasteiger partial charge in [-0.25, -0.2) is 4.98 Å². The summed E-state index contributed by atoms with van der Waals surface area (Å²) in [6, 6.07) is 26.3. The molecule has 4 heteroatoms. The van der Waals surface area contributed by atoms with Crippen LogP contribution in [0.1, 0.15) is 11.6 Å². The van der Waals surface area contributed by atoms with Gasteiger partial charge >= 0.3 is 0 Å². The summed E-state index contributed by atoms with van der Waals surface area (Å²) >= 11 is 0. The van der Waals surface area contributed by atoms with Crippen molar-refractivity contribution in [1.29, 1.82) is 0 Å². The Labute approximate surface area is 227 Å². The minimum Gasteiger partial charge on any atom is -0.376 e. The second-order valence-electron chi connectivity index (χ2n) is 10.5. The zero-order chi connectivity index (χ0) is 25.9. The summed E-state index contributed by atoms with van der Waals surface area (Å²) in [5.41, 5.74) is 9.03. The topological polar surface area (TPSA) is 41.0 Å². The van der Waals surface area contributed by atoms with E-state index in [1.165, 1.54) is 33.2 Å². The van der Waals surface area contributed by atoms with Crippen LogP contribution in [-0.2, 0) is 0 Å². The van der Waals surface area contributed by atoms with Crippen molar-refractivity contribution in [2.24, 2.45) is 0 Å². The van der Waals surface area contributed by atoms with Gasteiger partial charge in [0.15, 0.2) is 0 Å². The number of nitrogens with zero attached hydrogens (tertiary/aromatic N) is 3. The predicted molar refractivity (Wildman–Crippen MR) is 160 cm³/mol. The molecule has 2 unspecified atom stereocenters. The van der Waals surface area contributed by atoms with E-state index in [4.69, 9.17) is 4.98 Å². The van der Waals surface area contributed by atoms with Crippen LogP contribution < -0.4 is 5.32 Å². The number of hydrogen-bond acceptors (Lipinski definition) is 4. The molecule has 1 N–H and O–H groups in total. The number of benzene rings is 3. The molecule has 8 rings (SSSR count). The van der Waals surface area contributed by atoms with E-state index in [1.54, 1.807) is 0 Å². The van der Waals surface area contributed by atoms with Gasteiger partial charge in [0.25, 0.3) is 0 Å². The minimum atomic E-state index is 0.111. The molecule has 0 saturated carbocycles. The maximum absolute atomic E-state index is 5.07. The molecule has 0 spiro atoms. The number of allylic oxidation sites excluding steroid dienone is 5. The Morgan fingerprint density at radius 3 is 2.59 bits per heavy atom. The molecule has 2 atom stereocenters. The third kappa shape index (κ3) is 3.60. The van der Waals surface area contributed by atoms with Crippen LogP contribution in [0, 0.1) is 0 Å². The zero-order valence-corrected chi connectivity index (χ0v) is 21.5. The standard InChI is InChI=1S/C35H26N4/c1-39-19-3-5-26-11-10-25-15-17-31(38-34(25)35(26)39)28-13-7-22-6-12-27(20-29(22)21-28)30-16-14-24-9-8-23-4-2-18-36-32(23)33(24)37-30/h2-21,31,35,38H,1H3. The highest BCUT2D eigenvalue weighted by Crippen LogP contribution is 2.35. The molecule has 2 aliphatic heterocycles. The molecule has 0 bridgehead atoms. The molecule has 3 aromatic carbocycles. The van der Waals surface area contributed by atoms with Gasteiger partial charge in [0, 0.05) is 35.3 Å². The SMILES string of the molecule is CN1C=CC=C2C=CC3=C(NC(c4ccc5ccc(-c6ccc7ccc8cccnc8c7n6)cc5c4)C=C3)C21. The Kier molecular flexibility index (Phi) is 4.83. The minimum absolute atomic E-state index is 0.111. The van der Waals surface area contributed by atoms with E-state index in [9.17, 15) is 0 Å². The maximum Gasteiger partial charge on any atom is 0.0972 e. The number of fused-ring (bicyclic) bond motifs is 6. The van der Waals surface area contributed by atoms with Crippen LogP contribution in [0.4, 0.5) is 0 Å². The molecule has 0 amide bonds. The van der Waals surface area contributed by atoms with Gasteiger partial charge in [0.1, 0.15) is 0 Å². The second kappa shape index (κ2) is 8.53. The van der Waals surface area contributed by atoms with Crippen molar-refractivity contribution in [3.8, 4) is 11.3 Å². The number of likely N-dealkylation sites (N-methyl/N-ethyl adjacent to an activating group) is 1. The fourth-order valence-corrected chi connectivity index (χ4v) is 6.07. The number of nitrogens with one attached hydrogen (secondary N) is 1. The molecule has 5 aromatic rings. The molecule has 39 heavy (non-hydrogen) atoms. The van der Waals surface area contributed by atoms with E-state index in [0.29, 0.717) is 0 Å². The van der Waals surface area contributed by atoms with Gasteiger partial charge in [-0.15, -0.1) is 0 Å². The van der Waals surface area contributed by atoms with Gasteiger partial charge in [-0.3, -0.25) is 4.98 Å². The summed E-state index contributed by atoms with van der Waals surface area (Å²) in [6.45, 7) is 0. The first-order valence-corrected chi connectivity index (χ1v) is 13.4. The first-order valence-electron chi connectivity index (χ1n) is 13.4. The zero-order valence-electron chi connectivity index (χ0n) is 21.5. The Bertz CT molecular complexity index is 1970. The van der Waals surface area contributed by atoms with Crippen LogP contribution in [0.25, 0.3) is 43.8 Å². The van der Waals surface area contributed by atoms with Gasteiger partial charge in [0.2, 0.25) is 0 Å². The van der Waals surface area contributed by atoms with Gasteiger partial charge in [0.05, 0.1) is 28.8 Å². The number of pyridine rings is 2. The van der Waals surface area contributed by atoms with E-state index < -0.39 is 0 Å². The lowest BCUT2D eigenvalue weighted by Gasteiger charge is -2.38. The molecule has 0 radical (unpaired) electrons. The van der Waals surface area contributed by atoms with E-state index in [2.05, 4.69) is 132 Å². The molecular weight excluding hydrogens is 476 g/mol. The van der Waals surface area contributed by atoms with E-state index in [-0.39, 0.29) is 12.1 Å². The highest BCUT2D eigenvalue weighted by molar-refractivity contribution is 6.03. The van der Waals surface area contributed by atoms with Crippen molar-refractivity contribution < 1.29 is 0 Å². The summed E-state index contributed by atoms with van der Waals surface area (Å²) in [5.74, 6) is 0. The molecule has 4 heterocycles. The number of dihydropyridines is 1. The normalized spacial score (nSPS) is 19.8. The van der Waals surface area contributed by atoms with Crippen LogP contribution in [0.3, 0.4) is 0 Å². The van der Waals surface area contributed by atoms with Crippen LogP contribution in [0.15, 0.2) is 138 Å². The van der Waals surface area contributed by atoms with Crippen molar-refractivity contribution in [3.63, 3.8) is 0 Å². The molecule has 0 saturated heterocycles. The van der Waals surface area contributed by atoms with Crippen LogP contribution in [-0.4, -0.2) is 28.0 Å². The van der Waals surface area contributed by atoms with E-state index >= 15 is 0 Å². The van der Waals surface area contributed by atoms with Gasteiger partial charge in [-0.2, -0.15) is 0 Å². The third-order valence-electron chi connectivity index (χ3n) is 8.10. The van der Waals surface area contributed by atoms with Crippen molar-refractivity contribution in [3.05, 3.63) is 144 Å². The molecule has 0 fully saturated rings. The molecule has 1 aliphatic carbocycles. The molecular formula is C35H26N4. The number of rotatable bonds is 2.